The molecule has 3 heterocycles. The first kappa shape index (κ1) is 18.8. The fourth-order valence-electron chi connectivity index (χ4n) is 4.76. The van der Waals surface area contributed by atoms with Gasteiger partial charge in [-0.2, -0.15) is 0 Å². The van der Waals surface area contributed by atoms with Crippen molar-refractivity contribution in [1.29, 1.82) is 0 Å². The Labute approximate surface area is 176 Å². The van der Waals surface area contributed by atoms with Crippen molar-refractivity contribution in [3.05, 3.63) is 77.6 Å². The Kier molecular flexibility index (Phi) is 4.95. The van der Waals surface area contributed by atoms with E-state index in [-0.39, 0.29) is 18.0 Å². The van der Waals surface area contributed by atoms with Crippen molar-refractivity contribution < 1.29 is 9.53 Å². The summed E-state index contributed by atoms with van der Waals surface area (Å²) in [6.07, 6.45) is 6.08. The lowest BCUT2D eigenvalue weighted by Crippen LogP contribution is -2.42. The minimum absolute atomic E-state index is 0.118. The van der Waals surface area contributed by atoms with Crippen molar-refractivity contribution in [3.63, 3.8) is 0 Å². The van der Waals surface area contributed by atoms with E-state index in [1.54, 1.807) is 7.11 Å². The van der Waals surface area contributed by atoms with Gasteiger partial charge in [-0.1, -0.05) is 42.5 Å². The van der Waals surface area contributed by atoms with Gasteiger partial charge in [0, 0.05) is 36.2 Å². The third-order valence-corrected chi connectivity index (χ3v) is 6.30. The van der Waals surface area contributed by atoms with Gasteiger partial charge >= 0.3 is 0 Å². The Morgan fingerprint density at radius 2 is 1.90 bits per heavy atom. The highest BCUT2D eigenvalue weighted by molar-refractivity contribution is 5.78. The lowest BCUT2D eigenvalue weighted by atomic mass is 9.98. The Hall–Kier alpha value is -3.21. The van der Waals surface area contributed by atoms with Crippen molar-refractivity contribution in [1.82, 2.24) is 14.9 Å². The van der Waals surface area contributed by atoms with E-state index in [0.717, 1.165) is 59.6 Å². The second-order valence-electron chi connectivity index (χ2n) is 8.06. The van der Waals surface area contributed by atoms with Crippen LogP contribution in [0.3, 0.4) is 0 Å². The monoisotopic (exact) mass is 399 g/mol. The molecule has 2 atom stereocenters. The number of fused-ring (bicyclic) bond motifs is 4. The Balaban J connectivity index is 1.32. The molecular weight excluding hydrogens is 374 g/mol. The number of methoxy groups -OCH3 is 1. The molecule has 2 unspecified atom stereocenters. The van der Waals surface area contributed by atoms with E-state index in [2.05, 4.69) is 9.88 Å². The van der Waals surface area contributed by atoms with Crippen molar-refractivity contribution in [3.8, 4) is 17.1 Å². The third-order valence-electron chi connectivity index (χ3n) is 6.30. The molecule has 0 N–H and O–H groups in total. The summed E-state index contributed by atoms with van der Waals surface area (Å²) in [5, 5.41) is 0. The van der Waals surface area contributed by atoms with Gasteiger partial charge in [0.2, 0.25) is 5.91 Å². The van der Waals surface area contributed by atoms with E-state index in [1.165, 1.54) is 0 Å². The highest BCUT2D eigenvalue weighted by Gasteiger charge is 2.43. The predicted molar refractivity (Wildman–Crippen MR) is 115 cm³/mol. The summed E-state index contributed by atoms with van der Waals surface area (Å²) < 4.78 is 5.21. The first-order valence-corrected chi connectivity index (χ1v) is 10.6. The minimum Gasteiger partial charge on any atom is -0.497 e. The fraction of sp³-hybridized carbons (Fsp3) is 0.320. The molecule has 3 aromatic rings. The molecular formula is C25H25N3O2. The zero-order valence-electron chi connectivity index (χ0n) is 17.1. The van der Waals surface area contributed by atoms with Gasteiger partial charge in [0.1, 0.15) is 5.75 Å². The number of nitrogens with zero attached hydrogens (tertiary/aromatic N) is 3. The van der Waals surface area contributed by atoms with Crippen LogP contribution >= 0.6 is 0 Å². The summed E-state index contributed by atoms with van der Waals surface area (Å²) in [6, 6.07) is 18.4. The summed E-state index contributed by atoms with van der Waals surface area (Å²) in [7, 11) is 1.66. The zero-order valence-corrected chi connectivity index (χ0v) is 17.1. The molecule has 0 radical (unpaired) electrons. The predicted octanol–water partition coefficient (Wildman–Crippen LogP) is 4.37. The fourth-order valence-corrected chi connectivity index (χ4v) is 4.76. The van der Waals surface area contributed by atoms with E-state index in [1.807, 2.05) is 60.8 Å². The molecule has 2 aromatic carbocycles. The summed E-state index contributed by atoms with van der Waals surface area (Å²) in [5.41, 5.74) is 4.42. The van der Waals surface area contributed by atoms with E-state index in [0.29, 0.717) is 6.42 Å². The third kappa shape index (κ3) is 3.45. The number of rotatable bonds is 5. The number of ether oxygens (including phenoxy) is 1. The molecule has 2 aliphatic rings. The Morgan fingerprint density at radius 1 is 1.10 bits per heavy atom. The molecule has 2 bridgehead atoms. The van der Waals surface area contributed by atoms with E-state index < -0.39 is 0 Å². The van der Waals surface area contributed by atoms with Crippen LogP contribution < -0.4 is 4.74 Å². The van der Waals surface area contributed by atoms with Gasteiger partial charge in [0.25, 0.3) is 0 Å². The smallest absolute Gasteiger partial charge is 0.223 e. The second-order valence-corrected chi connectivity index (χ2v) is 8.06. The maximum atomic E-state index is 13.1. The second kappa shape index (κ2) is 7.90. The largest absolute Gasteiger partial charge is 0.497 e. The first-order chi connectivity index (χ1) is 14.7. The van der Waals surface area contributed by atoms with Crippen LogP contribution in [-0.2, 0) is 17.6 Å². The number of benzene rings is 2. The Morgan fingerprint density at radius 3 is 2.67 bits per heavy atom. The topological polar surface area (TPSA) is 55.3 Å². The van der Waals surface area contributed by atoms with Crippen LogP contribution in [0.2, 0.25) is 0 Å². The number of carbonyl (C=O) groups is 1. The quantitative estimate of drug-likeness (QED) is 0.639. The molecule has 0 saturated carbocycles. The minimum atomic E-state index is 0.118. The van der Waals surface area contributed by atoms with Gasteiger partial charge in [-0.05, 0) is 37.0 Å². The number of aryl methyl sites for hydroxylation is 1. The SMILES string of the molecule is COc1ccc(CCC(=O)N2C3CCC2c2cnc(-c4ccccc4)nc2C3)cc1. The molecule has 1 amide bonds. The van der Waals surface area contributed by atoms with Crippen molar-refractivity contribution in [2.24, 2.45) is 0 Å². The molecule has 152 valence electrons. The van der Waals surface area contributed by atoms with Crippen LogP contribution in [0, 0.1) is 0 Å². The molecule has 0 spiro atoms. The van der Waals surface area contributed by atoms with Crippen LogP contribution in [0.4, 0.5) is 0 Å². The van der Waals surface area contributed by atoms with Gasteiger partial charge in [0.05, 0.1) is 18.8 Å². The number of hydrogen-bond donors (Lipinski definition) is 0. The maximum Gasteiger partial charge on any atom is 0.223 e. The molecule has 0 aliphatic carbocycles. The van der Waals surface area contributed by atoms with Gasteiger partial charge in [-0.25, -0.2) is 9.97 Å². The molecule has 1 aromatic heterocycles. The molecule has 5 rings (SSSR count). The highest BCUT2D eigenvalue weighted by Crippen LogP contribution is 2.43. The number of hydrogen-bond acceptors (Lipinski definition) is 4. The van der Waals surface area contributed by atoms with Crippen LogP contribution in [0.25, 0.3) is 11.4 Å². The number of aromatic nitrogens is 2. The van der Waals surface area contributed by atoms with Crippen LogP contribution in [-0.4, -0.2) is 33.9 Å². The molecule has 1 fully saturated rings. The molecule has 5 heteroatoms. The van der Waals surface area contributed by atoms with Gasteiger partial charge < -0.3 is 9.64 Å². The molecule has 30 heavy (non-hydrogen) atoms. The van der Waals surface area contributed by atoms with Crippen molar-refractivity contribution in [2.45, 2.75) is 44.2 Å². The van der Waals surface area contributed by atoms with Crippen molar-refractivity contribution >= 4 is 5.91 Å². The van der Waals surface area contributed by atoms with E-state index in [9.17, 15) is 4.79 Å². The molecule has 1 saturated heterocycles. The van der Waals surface area contributed by atoms with Crippen molar-refractivity contribution in [2.75, 3.05) is 7.11 Å². The zero-order chi connectivity index (χ0) is 20.5. The van der Waals surface area contributed by atoms with Gasteiger partial charge in [-0.3, -0.25) is 4.79 Å². The summed E-state index contributed by atoms with van der Waals surface area (Å²) in [5.74, 6) is 1.84. The van der Waals surface area contributed by atoms with E-state index in [4.69, 9.17) is 9.72 Å². The van der Waals surface area contributed by atoms with Crippen LogP contribution in [0.15, 0.2) is 60.8 Å². The number of carbonyl (C=O) groups excluding carboxylic acids is 1. The Bertz CT molecular complexity index is 1050. The maximum absolute atomic E-state index is 13.1. The van der Waals surface area contributed by atoms with Crippen LogP contribution in [0.1, 0.15) is 42.1 Å². The van der Waals surface area contributed by atoms with Gasteiger partial charge in [-0.15, -0.1) is 0 Å². The standard InChI is InChI=1S/C25H25N3O2/c1-30-20-11-7-17(8-12-20)9-14-24(29)28-19-10-13-23(28)21-16-26-25(27-22(21)15-19)18-5-3-2-4-6-18/h2-8,11-12,16,19,23H,9-10,13-15H2,1H3. The average Bonchev–Trinajstić information content (AvgIpc) is 3.12. The molecule has 2 aliphatic heterocycles. The average molecular weight is 399 g/mol. The summed E-state index contributed by atoms with van der Waals surface area (Å²) in [4.78, 5) is 24.7. The van der Waals surface area contributed by atoms with Crippen LogP contribution in [0.5, 0.6) is 5.75 Å². The normalized spacial score (nSPS) is 19.4. The molecule has 5 nitrogen and oxygen atoms in total. The number of amides is 1. The van der Waals surface area contributed by atoms with E-state index >= 15 is 0 Å². The lowest BCUT2D eigenvalue weighted by Gasteiger charge is -2.36. The van der Waals surface area contributed by atoms with Gasteiger partial charge in [0.15, 0.2) is 5.82 Å². The summed E-state index contributed by atoms with van der Waals surface area (Å²) in [6.45, 7) is 0. The summed E-state index contributed by atoms with van der Waals surface area (Å²) >= 11 is 0. The first-order valence-electron chi connectivity index (χ1n) is 10.6. The lowest BCUT2D eigenvalue weighted by molar-refractivity contribution is -0.134. The highest BCUT2D eigenvalue weighted by atomic mass is 16.5.